The number of unbranched alkanes of at least 4 members (excludes halogenated alkanes) is 1. The predicted octanol–water partition coefficient (Wildman–Crippen LogP) is 5.77. The van der Waals surface area contributed by atoms with Crippen molar-refractivity contribution in [2.24, 2.45) is 11.8 Å². The van der Waals surface area contributed by atoms with Crippen LogP contribution in [0.5, 0.6) is 0 Å². The Morgan fingerprint density at radius 2 is 1.89 bits per heavy atom. The molecule has 1 heterocycles. The van der Waals surface area contributed by atoms with Gasteiger partial charge in [-0.1, -0.05) is 51.5 Å². The molecule has 1 aromatic carbocycles. The zero-order valence-corrected chi connectivity index (χ0v) is 17.3. The van der Waals surface area contributed by atoms with Gasteiger partial charge in [0, 0.05) is 18.6 Å². The third-order valence-electron chi connectivity index (χ3n) is 6.68. The summed E-state index contributed by atoms with van der Waals surface area (Å²) in [7, 11) is 0. The van der Waals surface area contributed by atoms with Crippen molar-refractivity contribution in [3.63, 3.8) is 0 Å². The maximum Gasteiger partial charge on any atom is 0.162 e. The monoisotopic (exact) mass is 372 g/mol. The van der Waals surface area contributed by atoms with E-state index in [2.05, 4.69) is 32.9 Å². The lowest BCUT2D eigenvalue weighted by Gasteiger charge is -2.28. The Hall–Kier alpha value is -1.19. The van der Waals surface area contributed by atoms with Crippen LogP contribution in [0.1, 0.15) is 87.6 Å². The van der Waals surface area contributed by atoms with Gasteiger partial charge in [-0.05, 0) is 55.4 Å². The lowest BCUT2D eigenvalue weighted by Crippen LogP contribution is -2.24. The van der Waals surface area contributed by atoms with Gasteiger partial charge in [0.15, 0.2) is 5.78 Å². The quantitative estimate of drug-likeness (QED) is 0.450. The molecule has 150 valence electrons. The topological polar surface area (TPSA) is 35.5 Å². The first-order chi connectivity index (χ1) is 13.1. The lowest BCUT2D eigenvalue weighted by molar-refractivity contribution is -0.0249. The molecule has 1 saturated carbocycles. The molecular weight excluding hydrogens is 336 g/mol. The number of hydrogen-bond acceptors (Lipinski definition) is 3. The van der Waals surface area contributed by atoms with E-state index in [1.54, 1.807) is 0 Å². The number of ether oxygens (including phenoxy) is 2. The molecule has 3 rings (SSSR count). The van der Waals surface area contributed by atoms with Crippen LogP contribution in [0.4, 0.5) is 0 Å². The summed E-state index contributed by atoms with van der Waals surface area (Å²) >= 11 is 0. The third kappa shape index (κ3) is 5.42. The van der Waals surface area contributed by atoms with E-state index in [9.17, 15) is 4.79 Å². The standard InChI is InChI=1S/C24H36O3/c1-4-5-6-24(25)20-10-8-19(9-11-20)23-15-21(12-7-17(2)18(23)3)27-22-13-14-26-16-22/h8-11,17-18,21-23H,4-7,12-16H2,1-3H3. The van der Waals surface area contributed by atoms with Gasteiger partial charge in [-0.3, -0.25) is 4.79 Å². The molecule has 0 spiro atoms. The summed E-state index contributed by atoms with van der Waals surface area (Å²) in [6, 6.07) is 8.45. The molecule has 1 aliphatic heterocycles. The van der Waals surface area contributed by atoms with Crippen molar-refractivity contribution in [1.82, 2.24) is 0 Å². The molecule has 3 nitrogen and oxygen atoms in total. The van der Waals surface area contributed by atoms with Crippen molar-refractivity contribution in [3.8, 4) is 0 Å². The SMILES string of the molecule is CCCCC(=O)c1ccc(C2CC(OC3CCOC3)CCC(C)C2C)cc1. The minimum atomic E-state index is 0.271. The zero-order chi connectivity index (χ0) is 19.2. The minimum Gasteiger partial charge on any atom is -0.379 e. The van der Waals surface area contributed by atoms with E-state index >= 15 is 0 Å². The summed E-state index contributed by atoms with van der Waals surface area (Å²) in [5.74, 6) is 2.08. The van der Waals surface area contributed by atoms with Crippen molar-refractivity contribution >= 4 is 5.78 Å². The zero-order valence-electron chi connectivity index (χ0n) is 17.3. The average Bonchev–Trinajstić information content (AvgIpc) is 3.15. The second-order valence-electron chi connectivity index (χ2n) is 8.65. The molecule has 2 aliphatic rings. The summed E-state index contributed by atoms with van der Waals surface area (Å²) in [4.78, 5) is 12.3. The highest BCUT2D eigenvalue weighted by atomic mass is 16.5. The highest BCUT2D eigenvalue weighted by molar-refractivity contribution is 5.96. The second kappa shape index (κ2) is 9.84. The van der Waals surface area contributed by atoms with Crippen LogP contribution in [-0.2, 0) is 9.47 Å². The minimum absolute atomic E-state index is 0.271. The third-order valence-corrected chi connectivity index (χ3v) is 6.68. The molecule has 0 radical (unpaired) electrons. The van der Waals surface area contributed by atoms with Crippen LogP contribution in [0.25, 0.3) is 0 Å². The summed E-state index contributed by atoms with van der Waals surface area (Å²) in [6.07, 6.45) is 7.77. The molecule has 2 fully saturated rings. The van der Waals surface area contributed by atoms with E-state index in [0.29, 0.717) is 30.3 Å². The van der Waals surface area contributed by atoms with Crippen molar-refractivity contribution in [1.29, 1.82) is 0 Å². The molecule has 5 unspecified atom stereocenters. The van der Waals surface area contributed by atoms with E-state index < -0.39 is 0 Å². The lowest BCUT2D eigenvalue weighted by atomic mass is 9.78. The van der Waals surface area contributed by atoms with Crippen LogP contribution in [0.3, 0.4) is 0 Å². The normalized spacial score (nSPS) is 31.6. The Morgan fingerprint density at radius 1 is 1.11 bits per heavy atom. The summed E-state index contributed by atoms with van der Waals surface area (Å²) in [6.45, 7) is 8.47. The Morgan fingerprint density at radius 3 is 2.56 bits per heavy atom. The van der Waals surface area contributed by atoms with Gasteiger partial charge in [0.2, 0.25) is 0 Å². The van der Waals surface area contributed by atoms with Gasteiger partial charge in [-0.2, -0.15) is 0 Å². The van der Waals surface area contributed by atoms with Crippen molar-refractivity contribution < 1.29 is 14.3 Å². The maximum atomic E-state index is 12.3. The molecule has 27 heavy (non-hydrogen) atoms. The van der Waals surface area contributed by atoms with Gasteiger partial charge in [-0.15, -0.1) is 0 Å². The van der Waals surface area contributed by atoms with Gasteiger partial charge in [-0.25, -0.2) is 0 Å². The summed E-state index contributed by atoms with van der Waals surface area (Å²) < 4.78 is 11.9. The average molecular weight is 373 g/mol. The molecule has 0 amide bonds. The molecule has 1 aliphatic carbocycles. The fourth-order valence-corrected chi connectivity index (χ4v) is 4.58. The fourth-order valence-electron chi connectivity index (χ4n) is 4.58. The number of rotatable bonds is 7. The smallest absolute Gasteiger partial charge is 0.162 e. The van der Waals surface area contributed by atoms with E-state index in [1.165, 1.54) is 12.0 Å². The van der Waals surface area contributed by atoms with Gasteiger partial charge >= 0.3 is 0 Å². The van der Waals surface area contributed by atoms with Crippen LogP contribution < -0.4 is 0 Å². The van der Waals surface area contributed by atoms with Crippen LogP contribution in [0.2, 0.25) is 0 Å². The van der Waals surface area contributed by atoms with E-state index in [-0.39, 0.29) is 11.9 Å². The number of carbonyl (C=O) groups is 1. The number of benzene rings is 1. The molecule has 5 atom stereocenters. The van der Waals surface area contributed by atoms with Gasteiger partial charge in [0.05, 0.1) is 18.8 Å². The van der Waals surface area contributed by atoms with Crippen molar-refractivity contribution in [3.05, 3.63) is 35.4 Å². The number of hydrogen-bond donors (Lipinski definition) is 0. The molecule has 0 aromatic heterocycles. The molecule has 3 heteroatoms. The highest BCUT2D eigenvalue weighted by Crippen LogP contribution is 2.41. The molecular formula is C24H36O3. The number of ketones is 1. The Labute approximate surface area is 164 Å². The van der Waals surface area contributed by atoms with E-state index in [0.717, 1.165) is 50.9 Å². The first-order valence-electron chi connectivity index (χ1n) is 10.9. The molecule has 1 aromatic rings. The Bertz CT molecular complexity index is 588. The largest absolute Gasteiger partial charge is 0.379 e. The molecule has 0 N–H and O–H groups in total. The van der Waals surface area contributed by atoms with Crippen LogP contribution in [0.15, 0.2) is 24.3 Å². The maximum absolute atomic E-state index is 12.3. The van der Waals surface area contributed by atoms with Gasteiger partial charge in [0.25, 0.3) is 0 Å². The van der Waals surface area contributed by atoms with Crippen LogP contribution in [0, 0.1) is 11.8 Å². The van der Waals surface area contributed by atoms with Crippen molar-refractivity contribution in [2.45, 2.75) is 83.8 Å². The number of Topliss-reactive ketones (excluding diaryl/α,β-unsaturated/α-hetero) is 1. The van der Waals surface area contributed by atoms with Gasteiger partial charge < -0.3 is 9.47 Å². The molecule has 1 saturated heterocycles. The van der Waals surface area contributed by atoms with Crippen LogP contribution >= 0.6 is 0 Å². The fraction of sp³-hybridized carbons (Fsp3) is 0.708. The Kier molecular flexibility index (Phi) is 7.49. The Balaban J connectivity index is 1.70. The van der Waals surface area contributed by atoms with Crippen molar-refractivity contribution in [2.75, 3.05) is 13.2 Å². The van der Waals surface area contributed by atoms with E-state index in [1.807, 2.05) is 12.1 Å². The summed E-state index contributed by atoms with van der Waals surface area (Å²) in [5.41, 5.74) is 2.22. The second-order valence-corrected chi connectivity index (χ2v) is 8.65. The first kappa shape index (κ1) is 20.5. The molecule has 0 bridgehead atoms. The predicted molar refractivity (Wildman–Crippen MR) is 109 cm³/mol. The van der Waals surface area contributed by atoms with Gasteiger partial charge in [0.1, 0.15) is 0 Å². The van der Waals surface area contributed by atoms with Crippen LogP contribution in [-0.4, -0.2) is 31.2 Å². The highest BCUT2D eigenvalue weighted by Gasteiger charge is 2.33. The first-order valence-corrected chi connectivity index (χ1v) is 10.9. The number of carbonyl (C=O) groups excluding carboxylic acids is 1. The van der Waals surface area contributed by atoms with E-state index in [4.69, 9.17) is 9.47 Å². The summed E-state index contributed by atoms with van der Waals surface area (Å²) in [5, 5.41) is 0.